The van der Waals surface area contributed by atoms with Crippen molar-refractivity contribution in [2.75, 3.05) is 92.4 Å². The monoisotopic (exact) mass is 1270 g/mol. The fourth-order valence-corrected chi connectivity index (χ4v) is 9.73. The van der Waals surface area contributed by atoms with Crippen molar-refractivity contribution < 1.29 is 119 Å². The quantitative estimate of drug-likeness (QED) is 0.0131. The van der Waals surface area contributed by atoms with Gasteiger partial charge in [-0.25, -0.2) is 13.9 Å². The van der Waals surface area contributed by atoms with Gasteiger partial charge < -0.3 is 88.1 Å². The molecule has 1 saturated carbocycles. The fourth-order valence-electron chi connectivity index (χ4n) is 8.19. The molecule has 29 nitrogen and oxygen atoms in total. The molecule has 4 aromatic rings. The van der Waals surface area contributed by atoms with Crippen molar-refractivity contribution in [3.8, 4) is 34.0 Å². The first kappa shape index (κ1) is 72.1. The average molecular weight is 1270 g/mol. The molecule has 3 aromatic carbocycles. The third kappa shape index (κ3) is 28.2. The fraction of sp³-hybridized carbons (Fsp3) is 0.571. The summed E-state index contributed by atoms with van der Waals surface area (Å²) in [5.74, 6) is -0.763. The number of unbranched alkanes of at least 4 members (excludes halogenated alkanes) is 4. The van der Waals surface area contributed by atoms with Crippen LogP contribution in [0.15, 0.2) is 83.3 Å². The first-order valence-corrected chi connectivity index (χ1v) is 31.5. The van der Waals surface area contributed by atoms with Gasteiger partial charge in [-0.05, 0) is 60.2 Å². The highest BCUT2D eigenvalue weighted by Gasteiger charge is 2.54. The van der Waals surface area contributed by atoms with Crippen molar-refractivity contribution in [2.45, 2.75) is 114 Å². The van der Waals surface area contributed by atoms with Gasteiger partial charge in [-0.15, -0.1) is 10.2 Å². The molecule has 2 amide bonds. The van der Waals surface area contributed by atoms with Crippen molar-refractivity contribution in [3.05, 3.63) is 84.4 Å². The van der Waals surface area contributed by atoms with Crippen LogP contribution in [-0.2, 0) is 81.5 Å². The van der Waals surface area contributed by atoms with Gasteiger partial charge in [0.2, 0.25) is 17.7 Å². The Morgan fingerprint density at radius 2 is 1.03 bits per heavy atom. The number of ether oxygens (including phenoxy) is 8. The number of nitrogens with zero attached hydrogens (tertiary/aromatic N) is 2. The maximum atomic E-state index is 12.8. The molecule has 87 heavy (non-hydrogen) atoms. The molecule has 9 N–H and O–H groups in total. The normalized spacial score (nSPS) is 18.8. The van der Waals surface area contributed by atoms with Crippen molar-refractivity contribution in [3.63, 3.8) is 0 Å². The maximum Gasteiger partial charge on any atom is 0.472 e. The predicted octanol–water partition coefficient (Wildman–Crippen LogP) is 3.92. The lowest BCUT2D eigenvalue weighted by molar-refractivity contribution is -0.216. The summed E-state index contributed by atoms with van der Waals surface area (Å²) in [7, 11) is -10.7. The number of carbonyl (C=O) groups excluding carboxylic acids is 4. The third-order valence-electron chi connectivity index (χ3n) is 12.8. The number of rotatable bonds is 43. The standard InChI is InChI=1S/C56H80N4O25P2/c1-2-3-6-14-47(63)82-44(38-81-87(72,73)85-53-50(66)48(64)52(49(65)51(53)67)84-86(69,70)71)37-80-46(62)13-9-5-10-24-57-56(68)79-35-34-78-33-32-77-31-30-76-29-28-75-27-26-74-25-23-45(61)58-36-39-15-17-42(18-16-39)54-59-60-55(83-54)43-21-19-41(20-22-43)40-11-7-4-8-12-40/h4,7-8,11-12,15-22,44,48-53,64-67H,2-3,5-6,9-10,13-14,23-38H2,1H3,(H,57,68)(H,58,61)(H,72,73)(H2,69,70,71). The highest BCUT2D eigenvalue weighted by molar-refractivity contribution is 7.47. The minimum atomic E-state index is -5.34. The van der Waals surface area contributed by atoms with Crippen molar-refractivity contribution in [1.82, 2.24) is 20.8 Å². The molecular formula is C56H80N4O25P2. The number of hydrogen-bond acceptors (Lipinski definition) is 24. The van der Waals surface area contributed by atoms with Crippen LogP contribution in [0.2, 0.25) is 0 Å². The second-order valence-corrected chi connectivity index (χ2v) is 22.2. The van der Waals surface area contributed by atoms with Gasteiger partial charge in [0.15, 0.2) is 6.10 Å². The van der Waals surface area contributed by atoms with Gasteiger partial charge in [0.1, 0.15) is 49.8 Å². The molecule has 1 aliphatic carbocycles. The van der Waals surface area contributed by atoms with Crippen LogP contribution in [0.25, 0.3) is 34.0 Å². The van der Waals surface area contributed by atoms with Gasteiger partial charge in [0.05, 0.1) is 72.7 Å². The van der Waals surface area contributed by atoms with Crippen LogP contribution in [0, 0.1) is 0 Å². The lowest BCUT2D eigenvalue weighted by Crippen LogP contribution is -2.64. The number of benzene rings is 3. The Morgan fingerprint density at radius 1 is 0.540 bits per heavy atom. The summed E-state index contributed by atoms with van der Waals surface area (Å²) in [6.45, 7) is 4.05. The molecule has 0 radical (unpaired) electrons. The van der Waals surface area contributed by atoms with E-state index in [0.717, 1.165) is 34.2 Å². The van der Waals surface area contributed by atoms with E-state index in [9.17, 15) is 53.6 Å². The molecule has 0 bridgehead atoms. The van der Waals surface area contributed by atoms with Gasteiger partial charge in [-0.3, -0.25) is 28.0 Å². The number of nitrogens with one attached hydrogen (secondary N) is 2. The third-order valence-corrected chi connectivity index (χ3v) is 14.3. The van der Waals surface area contributed by atoms with Crippen LogP contribution in [-0.4, -0.2) is 204 Å². The summed E-state index contributed by atoms with van der Waals surface area (Å²) in [6, 6.07) is 25.6. The zero-order valence-corrected chi connectivity index (χ0v) is 50.1. The Morgan fingerprint density at radius 3 is 1.60 bits per heavy atom. The van der Waals surface area contributed by atoms with Crippen LogP contribution in [0.4, 0.5) is 4.79 Å². The van der Waals surface area contributed by atoms with E-state index in [-0.39, 0.29) is 58.1 Å². The summed E-state index contributed by atoms with van der Waals surface area (Å²) in [5, 5.41) is 55.1. The van der Waals surface area contributed by atoms with E-state index >= 15 is 0 Å². The van der Waals surface area contributed by atoms with E-state index in [1.54, 1.807) is 0 Å². The van der Waals surface area contributed by atoms with Crippen LogP contribution in [0.5, 0.6) is 0 Å². The smallest absolute Gasteiger partial charge is 0.462 e. The SMILES string of the molecule is CCCCCC(=O)OC(COC(=O)CCCCCNC(=O)OCCOCCOCCOCCOCCOCCC(=O)NCc1ccc(-c2nnc(-c3ccc(-c4ccccc4)cc3)o2)cc1)COP(=O)(O)OC1C(O)C(O)C(OP(=O)(O)O)C(O)C1O. The van der Waals surface area contributed by atoms with Crippen LogP contribution >= 0.6 is 15.6 Å². The number of amides is 2. The molecular weight excluding hydrogens is 1190 g/mol. The topological polar surface area (TPSA) is 409 Å². The van der Waals surface area contributed by atoms with Crippen molar-refractivity contribution >= 4 is 39.6 Å². The molecule has 0 aliphatic heterocycles. The Labute approximate surface area is 503 Å². The lowest BCUT2D eigenvalue weighted by Gasteiger charge is -2.43. The number of phosphoric ester groups is 2. The minimum Gasteiger partial charge on any atom is -0.462 e. The number of carbonyl (C=O) groups is 4. The Balaban J connectivity index is 0.788. The lowest BCUT2D eigenvalue weighted by atomic mass is 9.85. The summed E-state index contributed by atoms with van der Waals surface area (Å²) in [4.78, 5) is 77.8. The molecule has 6 atom stereocenters. The minimum absolute atomic E-state index is 0.00178. The number of aliphatic hydroxyl groups excluding tert-OH is 4. The number of hydrogen-bond donors (Lipinski definition) is 9. The number of aromatic nitrogens is 2. The maximum absolute atomic E-state index is 12.8. The molecule has 5 rings (SSSR count). The Bertz CT molecular complexity index is 2710. The summed E-state index contributed by atoms with van der Waals surface area (Å²) < 4.78 is 86.9. The van der Waals surface area contributed by atoms with Gasteiger partial charge in [0.25, 0.3) is 0 Å². The molecule has 1 heterocycles. The van der Waals surface area contributed by atoms with E-state index in [2.05, 4.69) is 37.5 Å². The van der Waals surface area contributed by atoms with Gasteiger partial charge in [0, 0.05) is 43.5 Å². The number of aliphatic hydroxyl groups is 4. The van der Waals surface area contributed by atoms with E-state index in [4.69, 9.17) is 61.1 Å². The van der Waals surface area contributed by atoms with Crippen LogP contribution in [0.3, 0.4) is 0 Å². The first-order valence-electron chi connectivity index (χ1n) is 28.4. The molecule has 1 aliphatic rings. The van der Waals surface area contributed by atoms with Gasteiger partial charge >= 0.3 is 33.7 Å². The first-order chi connectivity index (χ1) is 41.8. The molecule has 0 spiro atoms. The molecule has 31 heteroatoms. The van der Waals surface area contributed by atoms with E-state index in [1.165, 1.54) is 0 Å². The molecule has 484 valence electrons. The van der Waals surface area contributed by atoms with Crippen molar-refractivity contribution in [2.24, 2.45) is 0 Å². The molecule has 6 unspecified atom stereocenters. The highest BCUT2D eigenvalue weighted by atomic mass is 31.2. The van der Waals surface area contributed by atoms with E-state index in [1.807, 2.05) is 73.7 Å². The summed E-state index contributed by atoms with van der Waals surface area (Å²) in [5.41, 5.74) is 4.72. The number of phosphoric acid groups is 2. The summed E-state index contributed by atoms with van der Waals surface area (Å²) >= 11 is 0. The molecule has 0 saturated heterocycles. The van der Waals surface area contributed by atoms with Gasteiger partial charge in [-0.2, -0.15) is 0 Å². The average Bonchev–Trinajstić information content (AvgIpc) is 1.66. The largest absolute Gasteiger partial charge is 0.472 e. The van der Waals surface area contributed by atoms with Crippen molar-refractivity contribution in [1.29, 1.82) is 0 Å². The Kier molecular flexibility index (Phi) is 32.6. The zero-order valence-electron chi connectivity index (χ0n) is 48.3. The summed E-state index contributed by atoms with van der Waals surface area (Å²) in [6.07, 6.45) is -12.5. The number of esters is 2. The van der Waals surface area contributed by atoms with E-state index in [0.29, 0.717) is 96.7 Å². The zero-order chi connectivity index (χ0) is 62.9. The highest BCUT2D eigenvalue weighted by Crippen LogP contribution is 2.48. The molecule has 1 aromatic heterocycles. The van der Waals surface area contributed by atoms with E-state index < -0.39 is 89.6 Å². The number of alkyl carbamates (subject to hydrolysis) is 1. The van der Waals surface area contributed by atoms with Gasteiger partial charge in [-0.1, -0.05) is 80.8 Å². The molecule has 1 fully saturated rings. The Hall–Kier alpha value is -5.66. The van der Waals surface area contributed by atoms with Crippen LogP contribution in [0.1, 0.15) is 70.3 Å². The van der Waals surface area contributed by atoms with Crippen LogP contribution < -0.4 is 10.6 Å². The predicted molar refractivity (Wildman–Crippen MR) is 306 cm³/mol. The second kappa shape index (κ2) is 39.4. The second-order valence-electron chi connectivity index (χ2n) is 19.6.